The van der Waals surface area contributed by atoms with Gasteiger partial charge in [0.1, 0.15) is 5.75 Å². The van der Waals surface area contributed by atoms with Gasteiger partial charge >= 0.3 is 0 Å². The Hall–Kier alpha value is -1.76. The maximum absolute atomic E-state index is 5.41. The Morgan fingerprint density at radius 3 is 2.62 bits per heavy atom. The number of allylic oxidation sites excluding steroid dienone is 1. The number of ether oxygens (including phenoxy) is 1. The van der Waals surface area contributed by atoms with E-state index in [9.17, 15) is 0 Å². The monoisotopic (exact) mass is 212 g/mol. The van der Waals surface area contributed by atoms with Gasteiger partial charge in [-0.1, -0.05) is 42.5 Å². The van der Waals surface area contributed by atoms with Crippen LogP contribution in [0.3, 0.4) is 0 Å². The second-order valence-electron chi connectivity index (χ2n) is 4.10. The van der Waals surface area contributed by atoms with Gasteiger partial charge in [0.15, 0.2) is 0 Å². The summed E-state index contributed by atoms with van der Waals surface area (Å²) in [4.78, 5) is 0. The summed E-state index contributed by atoms with van der Waals surface area (Å²) in [5.41, 5.74) is 2.38. The number of hydrogen-bond donors (Lipinski definition) is 0. The fourth-order valence-corrected chi connectivity index (χ4v) is 1.99. The molecule has 0 aromatic heterocycles. The lowest BCUT2D eigenvalue weighted by Gasteiger charge is -2.11. The molecule has 0 aliphatic carbocycles. The molecule has 0 radical (unpaired) electrons. The van der Waals surface area contributed by atoms with Crippen molar-refractivity contribution >= 4 is 10.8 Å². The molecule has 0 N–H and O–H groups in total. The molecule has 0 spiro atoms. The van der Waals surface area contributed by atoms with E-state index in [0.29, 0.717) is 0 Å². The van der Waals surface area contributed by atoms with Crippen molar-refractivity contribution in [3.8, 4) is 5.75 Å². The maximum Gasteiger partial charge on any atom is 0.123 e. The van der Waals surface area contributed by atoms with Crippen LogP contribution in [-0.2, 0) is 6.42 Å². The fraction of sp³-hybridized carbons (Fsp3) is 0.200. The molecule has 2 rings (SSSR count). The molecule has 0 unspecified atom stereocenters. The van der Waals surface area contributed by atoms with Crippen molar-refractivity contribution in [3.63, 3.8) is 0 Å². The summed E-state index contributed by atoms with van der Waals surface area (Å²) < 4.78 is 5.41. The van der Waals surface area contributed by atoms with Gasteiger partial charge in [-0.05, 0) is 30.2 Å². The Morgan fingerprint density at radius 2 is 1.94 bits per heavy atom. The molecule has 0 saturated carbocycles. The van der Waals surface area contributed by atoms with Gasteiger partial charge in [-0.3, -0.25) is 0 Å². The van der Waals surface area contributed by atoms with E-state index in [0.717, 1.165) is 17.7 Å². The molecule has 2 aromatic carbocycles. The number of hydrogen-bond acceptors (Lipinski definition) is 1. The number of methoxy groups -OCH3 is 1. The molecule has 0 aliphatic rings. The first-order chi connectivity index (χ1) is 7.72. The van der Waals surface area contributed by atoms with Gasteiger partial charge in [-0.25, -0.2) is 0 Å². The van der Waals surface area contributed by atoms with E-state index < -0.39 is 0 Å². The van der Waals surface area contributed by atoms with E-state index in [1.807, 2.05) is 13.0 Å². The largest absolute Gasteiger partial charge is 0.496 e. The highest BCUT2D eigenvalue weighted by atomic mass is 16.5. The smallest absolute Gasteiger partial charge is 0.123 e. The average Bonchev–Trinajstić information content (AvgIpc) is 2.29. The highest BCUT2D eigenvalue weighted by Gasteiger charge is 2.07. The van der Waals surface area contributed by atoms with Crippen LogP contribution >= 0.6 is 0 Å². The van der Waals surface area contributed by atoms with E-state index in [2.05, 4.69) is 36.9 Å². The predicted octanol–water partition coefficient (Wildman–Crippen LogP) is 3.97. The van der Waals surface area contributed by atoms with Crippen LogP contribution in [0.5, 0.6) is 5.75 Å². The molecule has 82 valence electrons. The first-order valence-electron chi connectivity index (χ1n) is 5.41. The van der Waals surface area contributed by atoms with E-state index >= 15 is 0 Å². The van der Waals surface area contributed by atoms with Gasteiger partial charge in [0.05, 0.1) is 7.11 Å². The molecule has 0 aliphatic heterocycles. The van der Waals surface area contributed by atoms with Crippen LogP contribution in [0.4, 0.5) is 0 Å². The minimum atomic E-state index is 0.866. The third-order valence-electron chi connectivity index (χ3n) is 2.70. The normalized spacial score (nSPS) is 10.4. The summed E-state index contributed by atoms with van der Waals surface area (Å²) in [6.45, 7) is 6.02. The first-order valence-corrected chi connectivity index (χ1v) is 5.41. The number of benzene rings is 2. The summed E-state index contributed by atoms with van der Waals surface area (Å²) in [5.74, 6) is 0.946. The molecule has 16 heavy (non-hydrogen) atoms. The molecule has 1 nitrogen and oxygen atoms in total. The molecular weight excluding hydrogens is 196 g/mol. The fourth-order valence-electron chi connectivity index (χ4n) is 1.99. The third kappa shape index (κ3) is 1.94. The minimum absolute atomic E-state index is 0.866. The van der Waals surface area contributed by atoms with Gasteiger partial charge in [0.25, 0.3) is 0 Å². The van der Waals surface area contributed by atoms with Crippen LogP contribution < -0.4 is 4.74 Å². The van der Waals surface area contributed by atoms with Crippen LogP contribution in [0.15, 0.2) is 48.6 Å². The minimum Gasteiger partial charge on any atom is -0.496 e. The zero-order chi connectivity index (χ0) is 11.5. The molecule has 0 fully saturated rings. The number of fused-ring (bicyclic) bond motifs is 1. The summed E-state index contributed by atoms with van der Waals surface area (Å²) in [6, 6.07) is 12.5. The van der Waals surface area contributed by atoms with Crippen molar-refractivity contribution in [2.45, 2.75) is 13.3 Å². The van der Waals surface area contributed by atoms with Crippen LogP contribution in [0, 0.1) is 0 Å². The summed E-state index contributed by atoms with van der Waals surface area (Å²) >= 11 is 0. The second-order valence-corrected chi connectivity index (χ2v) is 4.10. The van der Waals surface area contributed by atoms with Gasteiger partial charge in [-0.2, -0.15) is 0 Å². The lowest BCUT2D eigenvalue weighted by molar-refractivity contribution is 0.411. The summed E-state index contributed by atoms with van der Waals surface area (Å²) in [6.07, 6.45) is 0.866. The molecule has 0 amide bonds. The highest BCUT2D eigenvalue weighted by Crippen LogP contribution is 2.29. The van der Waals surface area contributed by atoms with Crippen LogP contribution in [-0.4, -0.2) is 7.11 Å². The van der Waals surface area contributed by atoms with Crippen LogP contribution in [0.1, 0.15) is 12.5 Å². The standard InChI is InChI=1S/C15H16O/c1-11(2)10-14-13-7-5-4-6-12(13)8-9-15(14)16-3/h4-9H,1,10H2,2-3H3. The van der Waals surface area contributed by atoms with Crippen molar-refractivity contribution in [2.24, 2.45) is 0 Å². The van der Waals surface area contributed by atoms with Crippen molar-refractivity contribution in [3.05, 3.63) is 54.1 Å². The molecule has 2 aromatic rings. The maximum atomic E-state index is 5.41. The highest BCUT2D eigenvalue weighted by molar-refractivity contribution is 5.88. The summed E-state index contributed by atoms with van der Waals surface area (Å²) in [7, 11) is 1.71. The molecule has 0 bridgehead atoms. The molecule has 0 heterocycles. The van der Waals surface area contributed by atoms with Gasteiger partial charge in [0.2, 0.25) is 0 Å². The van der Waals surface area contributed by atoms with Crippen LogP contribution in [0.25, 0.3) is 10.8 Å². The van der Waals surface area contributed by atoms with Crippen LogP contribution in [0.2, 0.25) is 0 Å². The Labute approximate surface area is 96.4 Å². The van der Waals surface area contributed by atoms with E-state index in [1.54, 1.807) is 7.11 Å². The third-order valence-corrected chi connectivity index (χ3v) is 2.70. The van der Waals surface area contributed by atoms with E-state index in [-0.39, 0.29) is 0 Å². The van der Waals surface area contributed by atoms with Crippen molar-refractivity contribution in [2.75, 3.05) is 7.11 Å². The van der Waals surface area contributed by atoms with Gasteiger partial charge < -0.3 is 4.74 Å². The quantitative estimate of drug-likeness (QED) is 0.699. The molecule has 0 saturated heterocycles. The van der Waals surface area contributed by atoms with Gasteiger partial charge in [0, 0.05) is 5.56 Å². The lowest BCUT2D eigenvalue weighted by Crippen LogP contribution is -1.94. The Balaban J connectivity index is 2.67. The van der Waals surface area contributed by atoms with Crippen molar-refractivity contribution in [1.82, 2.24) is 0 Å². The molecule has 0 atom stereocenters. The summed E-state index contributed by atoms with van der Waals surface area (Å²) in [5, 5.41) is 2.50. The molecule has 1 heteroatoms. The Kier molecular flexibility index (Phi) is 2.95. The predicted molar refractivity (Wildman–Crippen MR) is 69.0 cm³/mol. The lowest BCUT2D eigenvalue weighted by atomic mass is 9.98. The Morgan fingerprint density at radius 1 is 1.19 bits per heavy atom. The molecular formula is C15H16O. The zero-order valence-corrected chi connectivity index (χ0v) is 9.79. The SMILES string of the molecule is C=C(C)Cc1c(OC)ccc2ccccc12. The topological polar surface area (TPSA) is 9.23 Å². The Bertz CT molecular complexity index is 526. The van der Waals surface area contributed by atoms with Crippen molar-refractivity contribution < 1.29 is 4.74 Å². The van der Waals surface area contributed by atoms with E-state index in [4.69, 9.17) is 4.74 Å². The average molecular weight is 212 g/mol. The van der Waals surface area contributed by atoms with Gasteiger partial charge in [-0.15, -0.1) is 0 Å². The number of rotatable bonds is 3. The van der Waals surface area contributed by atoms with Crippen molar-refractivity contribution in [1.29, 1.82) is 0 Å². The first kappa shape index (κ1) is 10.7. The zero-order valence-electron chi connectivity index (χ0n) is 9.79. The van der Waals surface area contributed by atoms with E-state index in [1.165, 1.54) is 16.3 Å². The second kappa shape index (κ2) is 4.40.